The molecule has 0 saturated carbocycles. The molecule has 78 heavy (non-hydrogen) atoms. The number of nitrogens with two attached hydrogens (primary N) is 2. The van der Waals surface area contributed by atoms with E-state index in [9.17, 15) is 55.5 Å². The smallest absolute Gasteiger partial charge is 0.322 e. The van der Waals surface area contributed by atoms with Gasteiger partial charge in [-0.15, -0.1) is 0 Å². The van der Waals surface area contributed by atoms with Gasteiger partial charge in [-0.05, 0) is 132 Å². The number of hydrogen-bond acceptors (Lipinski definition) is 16. The highest BCUT2D eigenvalue weighted by atomic mass is 32.2. The lowest BCUT2D eigenvalue weighted by molar-refractivity contribution is -0.156. The summed E-state index contributed by atoms with van der Waals surface area (Å²) in [7, 11) is -5.26. The van der Waals surface area contributed by atoms with E-state index in [1.54, 1.807) is 98.7 Å². The van der Waals surface area contributed by atoms with Crippen molar-refractivity contribution in [2.45, 2.75) is 141 Å². The number of hydrogen-bond donors (Lipinski definition) is 9. The normalized spacial score (nSPS) is 15.8. The summed E-state index contributed by atoms with van der Waals surface area (Å²) in [5, 5.41) is 18.9. The summed E-state index contributed by atoms with van der Waals surface area (Å²) in [4.78, 5) is 97.4. The number of ether oxygens (including phenoxy) is 3. The first-order valence-electron chi connectivity index (χ1n) is 24.6. The molecule has 4 rings (SSSR count). The SMILES string of the molecule is COc1cc(C)c(S(=O)(=O)NCc2ccc(CN3C(=O)[C@@H](CC(=O)N[C@@H](CCCN=C(N)NS(=O)(=O)c4c(C)cc(OC)c(C)c4C)C(=O)NCC(=O)O)NC(=O)[C@@H]3CNC(=O)[C@@H](N)CC(=O)OC(C)(C)C)cc2)c(C)c1C. The molecular weight excluding hydrogens is 1060 g/mol. The Morgan fingerprint density at radius 1 is 0.821 bits per heavy atom. The van der Waals surface area contributed by atoms with Crippen molar-refractivity contribution < 1.29 is 69.7 Å². The van der Waals surface area contributed by atoms with Crippen LogP contribution in [0.15, 0.2) is 51.2 Å². The summed E-state index contributed by atoms with van der Waals surface area (Å²) < 4.78 is 74.7. The van der Waals surface area contributed by atoms with Crippen LogP contribution in [0.1, 0.15) is 91.0 Å². The Kier molecular flexibility index (Phi) is 21.7. The fraction of sp³-hybridized carbons (Fsp3) is 0.490. The fourth-order valence-corrected chi connectivity index (χ4v) is 11.6. The van der Waals surface area contributed by atoms with Gasteiger partial charge in [0.2, 0.25) is 45.5 Å². The molecule has 0 bridgehead atoms. The summed E-state index contributed by atoms with van der Waals surface area (Å²) in [5.41, 5.74) is 15.2. The van der Waals surface area contributed by atoms with Gasteiger partial charge in [0.1, 0.15) is 41.8 Å². The van der Waals surface area contributed by atoms with Crippen LogP contribution in [-0.4, -0.2) is 138 Å². The van der Waals surface area contributed by atoms with Crippen LogP contribution in [0.5, 0.6) is 11.5 Å². The van der Waals surface area contributed by atoms with Crippen LogP contribution >= 0.6 is 0 Å². The van der Waals surface area contributed by atoms with Crippen LogP contribution in [0.3, 0.4) is 0 Å². The van der Waals surface area contributed by atoms with Crippen molar-refractivity contribution in [3.63, 3.8) is 0 Å². The number of carbonyl (C=O) groups excluding carboxylic acids is 6. The lowest BCUT2D eigenvalue weighted by Crippen LogP contribution is -2.66. The number of rotatable bonds is 25. The molecule has 0 aromatic heterocycles. The number of aliphatic imine (C=N–C) groups is 1. The zero-order valence-electron chi connectivity index (χ0n) is 45.7. The van der Waals surface area contributed by atoms with Gasteiger partial charge in [0.05, 0.1) is 42.9 Å². The van der Waals surface area contributed by atoms with E-state index in [4.69, 9.17) is 25.7 Å². The third-order valence-electron chi connectivity index (χ3n) is 12.6. The third-order valence-corrected chi connectivity index (χ3v) is 15.9. The minimum atomic E-state index is -4.22. The number of esters is 1. The molecule has 4 atom stereocenters. The van der Waals surface area contributed by atoms with Crippen LogP contribution in [0.2, 0.25) is 0 Å². The lowest BCUT2D eigenvalue weighted by Gasteiger charge is -2.39. The Morgan fingerprint density at radius 3 is 1.91 bits per heavy atom. The largest absolute Gasteiger partial charge is 0.496 e. The molecule has 0 aliphatic carbocycles. The van der Waals surface area contributed by atoms with E-state index in [-0.39, 0.29) is 42.3 Å². The first-order valence-corrected chi connectivity index (χ1v) is 27.6. The van der Waals surface area contributed by atoms with E-state index in [0.29, 0.717) is 56.0 Å². The maximum atomic E-state index is 14.4. The zero-order valence-corrected chi connectivity index (χ0v) is 47.3. The molecule has 3 aromatic carbocycles. The highest BCUT2D eigenvalue weighted by molar-refractivity contribution is 7.90. The molecule has 0 radical (unpaired) electrons. The molecule has 3 aromatic rings. The summed E-state index contributed by atoms with van der Waals surface area (Å²) in [6, 6.07) is 3.93. The van der Waals surface area contributed by atoms with Crippen LogP contribution in [0.4, 0.5) is 0 Å². The van der Waals surface area contributed by atoms with Gasteiger partial charge in [-0.1, -0.05) is 24.3 Å². The molecule has 25 nitrogen and oxygen atoms in total. The Bertz CT molecular complexity index is 3030. The quantitative estimate of drug-likeness (QED) is 0.0242. The molecule has 428 valence electrons. The number of carboxylic acid groups (broad SMARTS) is 1. The van der Waals surface area contributed by atoms with Crippen molar-refractivity contribution in [2.24, 2.45) is 16.5 Å². The Hall–Kier alpha value is -7.36. The number of nitrogens with one attached hydrogen (secondary N) is 6. The molecule has 1 aliphatic rings. The molecule has 5 amide bonds. The maximum absolute atomic E-state index is 14.4. The maximum Gasteiger partial charge on any atom is 0.322 e. The number of carboxylic acids is 1. The average molecular weight is 1130 g/mol. The van der Waals surface area contributed by atoms with Crippen molar-refractivity contribution in [3.8, 4) is 11.5 Å². The molecular formula is C51H72N10O15S2. The molecule has 27 heteroatoms. The van der Waals surface area contributed by atoms with E-state index >= 15 is 0 Å². The monoisotopic (exact) mass is 1130 g/mol. The van der Waals surface area contributed by atoms with Crippen LogP contribution in [0.25, 0.3) is 0 Å². The predicted octanol–water partition coefficient (Wildman–Crippen LogP) is 0.553. The fourth-order valence-electron chi connectivity index (χ4n) is 8.55. The summed E-state index contributed by atoms with van der Waals surface area (Å²) >= 11 is 0. The van der Waals surface area contributed by atoms with Crippen LogP contribution in [0, 0.1) is 41.5 Å². The second-order valence-corrected chi connectivity index (χ2v) is 23.0. The number of piperazine rings is 1. The van der Waals surface area contributed by atoms with Gasteiger partial charge in [-0.3, -0.25) is 38.6 Å². The van der Waals surface area contributed by atoms with E-state index in [1.807, 2.05) is 0 Å². The number of guanidine groups is 1. The van der Waals surface area contributed by atoms with Gasteiger partial charge < -0.3 is 57.0 Å². The van der Waals surface area contributed by atoms with Gasteiger partial charge in [0.15, 0.2) is 0 Å². The molecule has 11 N–H and O–H groups in total. The first kappa shape index (κ1) is 63.2. The highest BCUT2D eigenvalue weighted by Gasteiger charge is 2.42. The number of sulfonamides is 2. The number of aryl methyl sites for hydroxylation is 2. The number of methoxy groups -OCH3 is 2. The lowest BCUT2D eigenvalue weighted by atomic mass is 10.0. The molecule has 1 aliphatic heterocycles. The third kappa shape index (κ3) is 17.1. The Labute approximate surface area is 454 Å². The first-order chi connectivity index (χ1) is 36.3. The van der Waals surface area contributed by atoms with Gasteiger partial charge in [0.25, 0.3) is 10.0 Å². The van der Waals surface area contributed by atoms with E-state index < -0.39 is 123 Å². The average Bonchev–Trinajstić information content (AvgIpc) is 3.33. The molecule has 0 spiro atoms. The minimum Gasteiger partial charge on any atom is -0.496 e. The Morgan fingerprint density at radius 2 is 1.37 bits per heavy atom. The molecule has 1 saturated heterocycles. The van der Waals surface area contributed by atoms with Crippen molar-refractivity contribution in [2.75, 3.05) is 33.9 Å². The van der Waals surface area contributed by atoms with Gasteiger partial charge in [-0.25, -0.2) is 26.3 Å². The zero-order chi connectivity index (χ0) is 58.6. The molecule has 1 heterocycles. The number of amides is 5. The van der Waals surface area contributed by atoms with Gasteiger partial charge >= 0.3 is 11.9 Å². The number of benzene rings is 3. The summed E-state index contributed by atoms with van der Waals surface area (Å²) in [6.45, 7) is 13.1. The Balaban J connectivity index is 1.52. The van der Waals surface area contributed by atoms with Gasteiger partial charge in [0, 0.05) is 26.2 Å². The predicted molar refractivity (Wildman–Crippen MR) is 286 cm³/mol. The van der Waals surface area contributed by atoms with Crippen molar-refractivity contribution in [1.82, 2.24) is 35.6 Å². The molecule has 1 fully saturated rings. The summed E-state index contributed by atoms with van der Waals surface area (Å²) in [6.07, 6.45) is -1.39. The number of nitrogens with zero attached hydrogens (tertiary/aromatic N) is 2. The van der Waals surface area contributed by atoms with Crippen LogP contribution in [-0.2, 0) is 71.4 Å². The van der Waals surface area contributed by atoms with E-state index in [1.165, 1.54) is 14.2 Å². The minimum absolute atomic E-state index is 0.00163. The summed E-state index contributed by atoms with van der Waals surface area (Å²) in [5.74, 6) is -5.80. The highest BCUT2D eigenvalue weighted by Crippen LogP contribution is 2.32. The number of carbonyl (C=O) groups is 7. The van der Waals surface area contributed by atoms with E-state index in [2.05, 4.69) is 35.7 Å². The second kappa shape index (κ2) is 26.8. The van der Waals surface area contributed by atoms with Crippen molar-refractivity contribution in [3.05, 3.63) is 80.9 Å². The number of aliphatic carboxylic acids is 1. The van der Waals surface area contributed by atoms with Crippen molar-refractivity contribution >= 4 is 67.5 Å². The topological polar surface area (TPSA) is 376 Å². The van der Waals surface area contributed by atoms with Crippen molar-refractivity contribution in [1.29, 1.82) is 0 Å². The standard InChI is InChI=1S/C51H72N10O15S2/c1-27-19-39(74-10)29(3)31(5)44(27)77(70,71)57-23-33-14-16-34(17-15-33)26-61-38(24-55-46(66)35(52)21-43(65)76-51(7,8)9)48(68)59-37(49(61)69)22-41(62)58-36(47(67)56-25-42(63)64)13-12-18-54-50(53)60-78(72,73)45-28(2)20-40(75-11)30(4)32(45)6/h14-17,19-20,35-38,57H,12-13,18,21-26,52H2,1-11H3,(H,55,66)(H,56,67)(H,58,62)(H,59,68)(H,63,64)(H3,53,54,60)/t35-,36-,37+,38-/m0/s1. The van der Waals surface area contributed by atoms with Gasteiger partial charge in [-0.2, -0.15) is 0 Å². The van der Waals surface area contributed by atoms with Crippen LogP contribution < -0.4 is 51.7 Å². The molecule has 0 unspecified atom stereocenters. The van der Waals surface area contributed by atoms with E-state index in [0.717, 1.165) is 4.90 Å². The second-order valence-electron chi connectivity index (χ2n) is 19.7.